The highest BCUT2D eigenvalue weighted by molar-refractivity contribution is 7.99. The van der Waals surface area contributed by atoms with Crippen molar-refractivity contribution in [2.45, 2.75) is 25.4 Å². The van der Waals surface area contributed by atoms with Crippen LogP contribution in [0.4, 0.5) is 4.79 Å². The number of imide groups is 1. The maximum Gasteiger partial charge on any atom is 0.321 e. The molecular formula is C22H24N4O4S. The molecule has 0 atom stereocenters. The maximum atomic E-state index is 13.2. The van der Waals surface area contributed by atoms with Crippen LogP contribution in [0.15, 0.2) is 58.5 Å². The summed E-state index contributed by atoms with van der Waals surface area (Å²) >= 11 is 1.09. The summed E-state index contributed by atoms with van der Waals surface area (Å²) in [5.74, 6) is 0.153. The maximum absolute atomic E-state index is 13.2. The minimum absolute atomic E-state index is 0.0681. The minimum Gasteiger partial charge on any atom is -0.494 e. The molecule has 3 amide bonds. The Balaban J connectivity index is 1.90. The van der Waals surface area contributed by atoms with Crippen LogP contribution in [-0.2, 0) is 4.79 Å². The van der Waals surface area contributed by atoms with Gasteiger partial charge in [0, 0.05) is 6.54 Å². The fourth-order valence-corrected chi connectivity index (χ4v) is 3.68. The number of benzene rings is 2. The Morgan fingerprint density at radius 1 is 1.10 bits per heavy atom. The lowest BCUT2D eigenvalue weighted by Crippen LogP contribution is -2.40. The molecule has 2 N–H and O–H groups in total. The third-order valence-corrected chi connectivity index (χ3v) is 5.21. The fourth-order valence-electron chi connectivity index (χ4n) is 2.87. The van der Waals surface area contributed by atoms with Crippen molar-refractivity contribution in [3.8, 4) is 11.4 Å². The van der Waals surface area contributed by atoms with Crippen LogP contribution in [0.5, 0.6) is 5.75 Å². The van der Waals surface area contributed by atoms with Crippen molar-refractivity contribution in [3.63, 3.8) is 0 Å². The second-order valence-corrected chi connectivity index (χ2v) is 7.51. The smallest absolute Gasteiger partial charge is 0.321 e. The Morgan fingerprint density at radius 3 is 2.55 bits per heavy atom. The lowest BCUT2D eigenvalue weighted by atomic mass is 10.2. The van der Waals surface area contributed by atoms with Gasteiger partial charge in [0.2, 0.25) is 5.91 Å². The molecule has 9 heteroatoms. The molecule has 1 heterocycles. The number of hydrogen-bond donors (Lipinski definition) is 2. The summed E-state index contributed by atoms with van der Waals surface area (Å²) in [5, 5.41) is 5.70. The van der Waals surface area contributed by atoms with E-state index < -0.39 is 11.9 Å². The van der Waals surface area contributed by atoms with E-state index in [1.807, 2.05) is 13.8 Å². The highest BCUT2D eigenvalue weighted by Crippen LogP contribution is 2.22. The Hall–Kier alpha value is -3.33. The molecule has 2 aromatic carbocycles. The van der Waals surface area contributed by atoms with Crippen molar-refractivity contribution in [1.29, 1.82) is 0 Å². The molecule has 0 radical (unpaired) electrons. The number of para-hydroxylation sites is 1. The number of ether oxygens (including phenoxy) is 1. The first-order valence-electron chi connectivity index (χ1n) is 9.99. The number of urea groups is 1. The monoisotopic (exact) mass is 440 g/mol. The van der Waals surface area contributed by atoms with Gasteiger partial charge in [0.15, 0.2) is 5.16 Å². The average molecular weight is 441 g/mol. The molecule has 0 aliphatic rings. The van der Waals surface area contributed by atoms with Gasteiger partial charge in [0.05, 0.1) is 29.0 Å². The van der Waals surface area contributed by atoms with Gasteiger partial charge in [-0.25, -0.2) is 9.78 Å². The van der Waals surface area contributed by atoms with Gasteiger partial charge < -0.3 is 10.1 Å². The molecule has 0 unspecified atom stereocenters. The SMILES string of the molecule is CCCNC(=O)NC(=O)CSc1nc2ccccc2c(=O)n1-c1ccc(OCC)cc1. The van der Waals surface area contributed by atoms with E-state index in [4.69, 9.17) is 4.74 Å². The van der Waals surface area contributed by atoms with Crippen LogP contribution in [0.3, 0.4) is 0 Å². The normalized spacial score (nSPS) is 10.6. The Bertz CT molecular complexity index is 1130. The van der Waals surface area contributed by atoms with Crippen LogP contribution in [-0.4, -0.2) is 40.4 Å². The van der Waals surface area contributed by atoms with Crippen molar-refractivity contribution in [2.24, 2.45) is 0 Å². The number of amides is 3. The van der Waals surface area contributed by atoms with E-state index in [0.29, 0.717) is 40.6 Å². The van der Waals surface area contributed by atoms with E-state index in [-0.39, 0.29) is 11.3 Å². The predicted octanol–water partition coefficient (Wildman–Crippen LogP) is 3.11. The van der Waals surface area contributed by atoms with Crippen molar-refractivity contribution in [1.82, 2.24) is 20.2 Å². The molecule has 162 valence electrons. The molecular weight excluding hydrogens is 416 g/mol. The summed E-state index contributed by atoms with van der Waals surface area (Å²) < 4.78 is 6.94. The van der Waals surface area contributed by atoms with E-state index in [0.717, 1.165) is 18.2 Å². The number of rotatable bonds is 8. The lowest BCUT2D eigenvalue weighted by Gasteiger charge is -2.14. The molecule has 0 saturated carbocycles. The topological polar surface area (TPSA) is 102 Å². The minimum atomic E-state index is -0.539. The molecule has 0 saturated heterocycles. The Morgan fingerprint density at radius 2 is 1.84 bits per heavy atom. The summed E-state index contributed by atoms with van der Waals surface area (Å²) in [7, 11) is 0. The zero-order chi connectivity index (χ0) is 22.2. The van der Waals surface area contributed by atoms with Gasteiger partial charge in [-0.05, 0) is 49.7 Å². The fraction of sp³-hybridized carbons (Fsp3) is 0.273. The van der Waals surface area contributed by atoms with Gasteiger partial charge in [-0.2, -0.15) is 0 Å². The van der Waals surface area contributed by atoms with E-state index in [1.54, 1.807) is 48.5 Å². The van der Waals surface area contributed by atoms with Crippen LogP contribution in [0.2, 0.25) is 0 Å². The van der Waals surface area contributed by atoms with E-state index in [2.05, 4.69) is 15.6 Å². The molecule has 0 bridgehead atoms. The summed E-state index contributed by atoms with van der Waals surface area (Å²) in [4.78, 5) is 41.7. The van der Waals surface area contributed by atoms with Crippen LogP contribution < -0.4 is 20.9 Å². The molecule has 0 spiro atoms. The molecule has 0 fully saturated rings. The number of aromatic nitrogens is 2. The van der Waals surface area contributed by atoms with Crippen LogP contribution in [0.25, 0.3) is 16.6 Å². The number of nitrogens with zero attached hydrogens (tertiary/aromatic N) is 2. The molecule has 3 rings (SSSR count). The zero-order valence-corrected chi connectivity index (χ0v) is 18.2. The van der Waals surface area contributed by atoms with Gasteiger partial charge in [-0.15, -0.1) is 0 Å². The Kier molecular flexibility index (Phi) is 7.66. The first kappa shape index (κ1) is 22.4. The molecule has 0 aliphatic carbocycles. The molecule has 0 aliphatic heterocycles. The lowest BCUT2D eigenvalue weighted by molar-refractivity contribution is -0.117. The van der Waals surface area contributed by atoms with E-state index in [9.17, 15) is 14.4 Å². The number of hydrogen-bond acceptors (Lipinski definition) is 6. The highest BCUT2D eigenvalue weighted by Gasteiger charge is 2.16. The van der Waals surface area contributed by atoms with Gasteiger partial charge in [-0.3, -0.25) is 19.5 Å². The van der Waals surface area contributed by atoms with Crippen LogP contribution >= 0.6 is 11.8 Å². The summed E-state index contributed by atoms with van der Waals surface area (Å²) in [5.41, 5.74) is 0.909. The van der Waals surface area contributed by atoms with Crippen molar-refractivity contribution < 1.29 is 14.3 Å². The number of thioether (sulfide) groups is 1. The van der Waals surface area contributed by atoms with Crippen LogP contribution in [0.1, 0.15) is 20.3 Å². The van der Waals surface area contributed by atoms with Gasteiger partial charge in [0.25, 0.3) is 5.56 Å². The summed E-state index contributed by atoms with van der Waals surface area (Å²) in [6.45, 7) is 4.84. The summed E-state index contributed by atoms with van der Waals surface area (Å²) in [6.07, 6.45) is 0.770. The molecule has 3 aromatic rings. The standard InChI is InChI=1S/C22H24N4O4S/c1-3-13-23-21(29)25-19(27)14-31-22-24-18-8-6-5-7-17(18)20(28)26(22)15-9-11-16(12-10-15)30-4-2/h5-12H,3-4,13-14H2,1-2H3,(H2,23,25,27,29). The third-order valence-electron chi connectivity index (χ3n) is 4.27. The van der Waals surface area contributed by atoms with E-state index >= 15 is 0 Å². The number of carbonyl (C=O) groups is 2. The first-order valence-corrected chi connectivity index (χ1v) is 11.0. The second kappa shape index (κ2) is 10.6. The predicted molar refractivity (Wildman–Crippen MR) is 121 cm³/mol. The zero-order valence-electron chi connectivity index (χ0n) is 17.4. The number of nitrogens with one attached hydrogen (secondary N) is 2. The van der Waals surface area contributed by atoms with Crippen molar-refractivity contribution in [2.75, 3.05) is 18.9 Å². The molecule has 8 nitrogen and oxygen atoms in total. The second-order valence-electron chi connectivity index (χ2n) is 6.57. The van der Waals surface area contributed by atoms with Gasteiger partial charge >= 0.3 is 6.03 Å². The van der Waals surface area contributed by atoms with Gasteiger partial charge in [-0.1, -0.05) is 30.8 Å². The largest absolute Gasteiger partial charge is 0.494 e. The molecule has 31 heavy (non-hydrogen) atoms. The van der Waals surface area contributed by atoms with E-state index in [1.165, 1.54) is 4.57 Å². The third kappa shape index (κ3) is 5.64. The molecule has 1 aromatic heterocycles. The van der Waals surface area contributed by atoms with Crippen molar-refractivity contribution in [3.05, 3.63) is 58.9 Å². The number of fused-ring (bicyclic) bond motifs is 1. The number of carbonyl (C=O) groups excluding carboxylic acids is 2. The average Bonchev–Trinajstić information content (AvgIpc) is 2.77. The van der Waals surface area contributed by atoms with Crippen molar-refractivity contribution >= 4 is 34.6 Å². The first-order chi connectivity index (χ1) is 15.0. The Labute approximate surface area is 184 Å². The highest BCUT2D eigenvalue weighted by atomic mass is 32.2. The quantitative estimate of drug-likeness (QED) is 0.412. The van der Waals surface area contributed by atoms with Crippen LogP contribution in [0, 0.1) is 0 Å². The summed E-state index contributed by atoms with van der Waals surface area (Å²) in [6, 6.07) is 13.6. The van der Waals surface area contributed by atoms with Gasteiger partial charge in [0.1, 0.15) is 5.75 Å².